The summed E-state index contributed by atoms with van der Waals surface area (Å²) in [5, 5.41) is 4.87. The fourth-order valence-electron chi connectivity index (χ4n) is 3.70. The standard InChI is InChI=1S/C21H22ClN3OS/c1-14(15-7-2-3-8-16(15)22)23-20(26)13-25-12-6-10-18(25)21-24-17-9-4-5-11-19(17)27-21/h2-5,7-9,11,14,18H,6,10,12-13H2,1H3,(H,23,26). The number of fused-ring (bicyclic) bond motifs is 1. The van der Waals surface area contributed by atoms with Crippen molar-refractivity contribution < 1.29 is 4.79 Å². The van der Waals surface area contributed by atoms with E-state index in [4.69, 9.17) is 16.6 Å². The summed E-state index contributed by atoms with van der Waals surface area (Å²) in [4.78, 5) is 19.7. The summed E-state index contributed by atoms with van der Waals surface area (Å²) >= 11 is 7.98. The van der Waals surface area contributed by atoms with Crippen LogP contribution in [0.2, 0.25) is 5.02 Å². The number of hydrogen-bond acceptors (Lipinski definition) is 4. The molecule has 1 N–H and O–H groups in total. The summed E-state index contributed by atoms with van der Waals surface area (Å²) in [5.74, 6) is 0.0235. The highest BCUT2D eigenvalue weighted by Crippen LogP contribution is 2.36. The van der Waals surface area contributed by atoms with Gasteiger partial charge < -0.3 is 5.32 Å². The Hall–Kier alpha value is -1.95. The van der Waals surface area contributed by atoms with Crippen LogP contribution < -0.4 is 5.32 Å². The van der Waals surface area contributed by atoms with Crippen molar-refractivity contribution in [3.63, 3.8) is 0 Å². The number of hydrogen-bond donors (Lipinski definition) is 1. The predicted octanol–water partition coefficient (Wildman–Crippen LogP) is 4.96. The van der Waals surface area contributed by atoms with Crippen LogP contribution in [0.25, 0.3) is 10.2 Å². The highest BCUT2D eigenvalue weighted by atomic mass is 35.5. The van der Waals surface area contributed by atoms with Gasteiger partial charge in [0.25, 0.3) is 0 Å². The third kappa shape index (κ3) is 4.00. The van der Waals surface area contributed by atoms with E-state index in [9.17, 15) is 4.79 Å². The van der Waals surface area contributed by atoms with Crippen LogP contribution in [0.15, 0.2) is 48.5 Å². The topological polar surface area (TPSA) is 45.2 Å². The molecule has 1 fully saturated rings. The van der Waals surface area contributed by atoms with Crippen LogP contribution >= 0.6 is 22.9 Å². The van der Waals surface area contributed by atoms with Crippen molar-refractivity contribution in [2.45, 2.75) is 31.8 Å². The monoisotopic (exact) mass is 399 g/mol. The molecule has 2 atom stereocenters. The second-order valence-electron chi connectivity index (χ2n) is 6.96. The normalized spacial score (nSPS) is 18.7. The molecule has 0 aliphatic carbocycles. The molecule has 0 bridgehead atoms. The molecule has 0 spiro atoms. The summed E-state index contributed by atoms with van der Waals surface area (Å²) < 4.78 is 1.20. The molecule has 1 aliphatic rings. The lowest BCUT2D eigenvalue weighted by Crippen LogP contribution is -2.38. The number of rotatable bonds is 5. The van der Waals surface area contributed by atoms with E-state index in [0.717, 1.165) is 35.5 Å². The molecule has 2 heterocycles. The van der Waals surface area contributed by atoms with Gasteiger partial charge in [-0.25, -0.2) is 4.98 Å². The number of nitrogens with zero attached hydrogens (tertiary/aromatic N) is 2. The van der Waals surface area contributed by atoms with Crippen LogP contribution in [0.1, 0.15) is 42.4 Å². The molecule has 1 aromatic heterocycles. The average Bonchev–Trinajstić information content (AvgIpc) is 3.27. The van der Waals surface area contributed by atoms with Gasteiger partial charge in [-0.05, 0) is 50.1 Å². The van der Waals surface area contributed by atoms with Crippen molar-refractivity contribution in [2.75, 3.05) is 13.1 Å². The first kappa shape index (κ1) is 18.4. The van der Waals surface area contributed by atoms with Gasteiger partial charge in [0.15, 0.2) is 0 Å². The minimum absolute atomic E-state index is 0.0235. The van der Waals surface area contributed by atoms with Crippen molar-refractivity contribution >= 4 is 39.1 Å². The van der Waals surface area contributed by atoms with Gasteiger partial charge in [0.1, 0.15) is 5.01 Å². The van der Waals surface area contributed by atoms with Crippen molar-refractivity contribution in [1.29, 1.82) is 0 Å². The van der Waals surface area contributed by atoms with Gasteiger partial charge in [-0.2, -0.15) is 0 Å². The van der Waals surface area contributed by atoms with Crippen molar-refractivity contribution in [1.82, 2.24) is 15.2 Å². The highest BCUT2D eigenvalue weighted by molar-refractivity contribution is 7.18. The van der Waals surface area contributed by atoms with E-state index in [-0.39, 0.29) is 18.0 Å². The van der Waals surface area contributed by atoms with E-state index in [1.54, 1.807) is 11.3 Å². The van der Waals surface area contributed by atoms with E-state index in [1.165, 1.54) is 4.70 Å². The van der Waals surface area contributed by atoms with Crippen molar-refractivity contribution in [2.24, 2.45) is 0 Å². The number of aromatic nitrogens is 1. The molecule has 0 saturated carbocycles. The number of likely N-dealkylation sites (tertiary alicyclic amines) is 1. The minimum atomic E-state index is -0.116. The number of carbonyl (C=O) groups excluding carboxylic acids is 1. The number of amides is 1. The van der Waals surface area contributed by atoms with Crippen LogP contribution in [0, 0.1) is 0 Å². The SMILES string of the molecule is CC(NC(=O)CN1CCCC1c1nc2ccccc2s1)c1ccccc1Cl. The third-order valence-corrected chi connectivity index (χ3v) is 6.54. The van der Waals surface area contributed by atoms with Crippen molar-refractivity contribution in [3.05, 3.63) is 64.1 Å². The molecule has 2 unspecified atom stereocenters. The summed E-state index contributed by atoms with van der Waals surface area (Å²) in [6, 6.07) is 16.0. The van der Waals surface area contributed by atoms with Gasteiger partial charge in [0.2, 0.25) is 5.91 Å². The lowest BCUT2D eigenvalue weighted by atomic mass is 10.1. The number of carbonyl (C=O) groups is 1. The average molecular weight is 400 g/mol. The minimum Gasteiger partial charge on any atom is -0.348 e. The second-order valence-corrected chi connectivity index (χ2v) is 8.43. The lowest BCUT2D eigenvalue weighted by Gasteiger charge is -2.23. The fraction of sp³-hybridized carbons (Fsp3) is 0.333. The van der Waals surface area contributed by atoms with Crippen molar-refractivity contribution in [3.8, 4) is 0 Å². The maximum absolute atomic E-state index is 12.6. The largest absolute Gasteiger partial charge is 0.348 e. The molecular weight excluding hydrogens is 378 g/mol. The quantitative estimate of drug-likeness (QED) is 0.659. The second kappa shape index (κ2) is 7.97. The number of thiazole rings is 1. The Labute approximate surface area is 168 Å². The number of benzene rings is 2. The smallest absolute Gasteiger partial charge is 0.234 e. The summed E-state index contributed by atoms with van der Waals surface area (Å²) in [5.41, 5.74) is 1.98. The summed E-state index contributed by atoms with van der Waals surface area (Å²) in [6.07, 6.45) is 2.14. The molecule has 4 rings (SSSR count). The van der Waals surface area contributed by atoms with E-state index < -0.39 is 0 Å². The predicted molar refractivity (Wildman–Crippen MR) is 111 cm³/mol. The van der Waals surface area contributed by atoms with Gasteiger partial charge in [-0.1, -0.05) is 41.9 Å². The molecule has 1 saturated heterocycles. The first-order valence-corrected chi connectivity index (χ1v) is 10.4. The molecule has 140 valence electrons. The molecule has 6 heteroatoms. The zero-order valence-corrected chi connectivity index (χ0v) is 16.8. The lowest BCUT2D eigenvalue weighted by molar-refractivity contribution is -0.123. The molecule has 2 aromatic carbocycles. The van der Waals surface area contributed by atoms with Crippen LogP contribution in [-0.4, -0.2) is 28.9 Å². The van der Waals surface area contributed by atoms with Gasteiger partial charge in [-0.15, -0.1) is 11.3 Å². The van der Waals surface area contributed by atoms with E-state index in [1.807, 2.05) is 49.4 Å². The van der Waals surface area contributed by atoms with Gasteiger partial charge >= 0.3 is 0 Å². The Bertz CT molecular complexity index is 924. The molecule has 1 aliphatic heterocycles. The Morgan fingerprint density at radius 1 is 1.30 bits per heavy atom. The van der Waals surface area contributed by atoms with Crippen LogP contribution in [-0.2, 0) is 4.79 Å². The Morgan fingerprint density at radius 3 is 2.89 bits per heavy atom. The molecule has 3 aromatic rings. The van der Waals surface area contributed by atoms with Crippen LogP contribution in [0.5, 0.6) is 0 Å². The molecule has 27 heavy (non-hydrogen) atoms. The van der Waals surface area contributed by atoms with Gasteiger partial charge in [-0.3, -0.25) is 9.69 Å². The summed E-state index contributed by atoms with van der Waals surface area (Å²) in [6.45, 7) is 3.28. The van der Waals surface area contributed by atoms with Crippen LogP contribution in [0.3, 0.4) is 0 Å². The number of para-hydroxylation sites is 1. The summed E-state index contributed by atoms with van der Waals surface area (Å²) in [7, 11) is 0. The Kier molecular flexibility index (Phi) is 5.43. The maximum atomic E-state index is 12.6. The maximum Gasteiger partial charge on any atom is 0.234 e. The van der Waals surface area contributed by atoms with E-state index in [0.29, 0.717) is 11.6 Å². The van der Waals surface area contributed by atoms with Crippen LogP contribution in [0.4, 0.5) is 0 Å². The molecule has 1 amide bonds. The first-order valence-electron chi connectivity index (χ1n) is 9.25. The molecular formula is C21H22ClN3OS. The van der Waals surface area contributed by atoms with E-state index in [2.05, 4.69) is 16.3 Å². The van der Waals surface area contributed by atoms with E-state index >= 15 is 0 Å². The zero-order chi connectivity index (χ0) is 18.8. The van der Waals surface area contributed by atoms with Gasteiger partial charge in [0.05, 0.1) is 28.8 Å². The Balaban J connectivity index is 1.43. The molecule has 0 radical (unpaired) electrons. The number of nitrogens with one attached hydrogen (secondary N) is 1. The highest BCUT2D eigenvalue weighted by Gasteiger charge is 2.30. The third-order valence-electron chi connectivity index (χ3n) is 5.06. The fourth-order valence-corrected chi connectivity index (χ4v) is 5.14. The number of halogens is 1. The zero-order valence-electron chi connectivity index (χ0n) is 15.2. The van der Waals surface area contributed by atoms with Gasteiger partial charge in [0, 0.05) is 5.02 Å². The molecule has 4 nitrogen and oxygen atoms in total. The first-order chi connectivity index (χ1) is 13.1. The Morgan fingerprint density at radius 2 is 2.07 bits per heavy atom.